The Morgan fingerprint density at radius 2 is 2.35 bits per heavy atom. The van der Waals surface area contributed by atoms with Gasteiger partial charge in [-0.2, -0.15) is 0 Å². The predicted octanol–water partition coefficient (Wildman–Crippen LogP) is 2.69. The van der Waals surface area contributed by atoms with Crippen molar-refractivity contribution >= 4 is 21.8 Å². The van der Waals surface area contributed by atoms with E-state index in [9.17, 15) is 9.90 Å². The molecule has 1 aromatic carbocycles. The van der Waals surface area contributed by atoms with Crippen LogP contribution >= 0.6 is 15.9 Å². The second kappa shape index (κ2) is 6.31. The highest BCUT2D eigenvalue weighted by molar-refractivity contribution is 9.10. The van der Waals surface area contributed by atoms with Crippen molar-refractivity contribution in [2.45, 2.75) is 25.8 Å². The Labute approximate surface area is 109 Å². The monoisotopic (exact) mass is 295 g/mol. The molecule has 90 valence electrons. The Balaban J connectivity index is 2.83. The van der Waals surface area contributed by atoms with E-state index < -0.39 is 0 Å². The Kier molecular flexibility index (Phi) is 5.05. The molecule has 0 aliphatic carbocycles. The molecule has 3 nitrogen and oxygen atoms in total. The van der Waals surface area contributed by atoms with Crippen molar-refractivity contribution in [3.05, 3.63) is 28.2 Å². The zero-order valence-corrected chi connectivity index (χ0v) is 11.1. The normalized spacial score (nSPS) is 11.6. The van der Waals surface area contributed by atoms with Gasteiger partial charge in [0.25, 0.3) is 5.91 Å². The van der Waals surface area contributed by atoms with Crippen LogP contribution in [0.25, 0.3) is 0 Å². The molecule has 0 saturated carbocycles. The summed E-state index contributed by atoms with van der Waals surface area (Å²) in [7, 11) is 0. The minimum absolute atomic E-state index is 0.0574. The third kappa shape index (κ3) is 3.79. The average molecular weight is 296 g/mol. The summed E-state index contributed by atoms with van der Waals surface area (Å²) in [6.45, 7) is 1.99. The van der Waals surface area contributed by atoms with Gasteiger partial charge in [0.2, 0.25) is 0 Å². The highest BCUT2D eigenvalue weighted by atomic mass is 79.9. The van der Waals surface area contributed by atoms with Gasteiger partial charge in [-0.25, -0.2) is 0 Å². The zero-order chi connectivity index (χ0) is 12.8. The van der Waals surface area contributed by atoms with Crippen LogP contribution in [-0.2, 0) is 0 Å². The van der Waals surface area contributed by atoms with Crippen molar-refractivity contribution in [2.24, 2.45) is 0 Å². The summed E-state index contributed by atoms with van der Waals surface area (Å²) < 4.78 is 0.730. The molecule has 0 aromatic heterocycles. The van der Waals surface area contributed by atoms with Gasteiger partial charge in [0.05, 0.1) is 11.6 Å². The van der Waals surface area contributed by atoms with Crippen molar-refractivity contribution in [3.63, 3.8) is 0 Å². The summed E-state index contributed by atoms with van der Waals surface area (Å²) >= 11 is 3.25. The highest BCUT2D eigenvalue weighted by Gasteiger charge is 2.14. The molecule has 1 aromatic rings. The molecule has 0 saturated heterocycles. The van der Waals surface area contributed by atoms with Gasteiger partial charge in [-0.05, 0) is 24.6 Å². The smallest absolute Gasteiger partial charge is 0.256 e. The number of hydrogen-bond acceptors (Lipinski definition) is 2. The van der Waals surface area contributed by atoms with Gasteiger partial charge in [-0.15, -0.1) is 6.42 Å². The molecule has 0 radical (unpaired) electrons. The zero-order valence-electron chi connectivity index (χ0n) is 9.53. The summed E-state index contributed by atoms with van der Waals surface area (Å²) in [6, 6.07) is 4.39. The van der Waals surface area contributed by atoms with E-state index >= 15 is 0 Å². The van der Waals surface area contributed by atoms with Crippen LogP contribution in [0.4, 0.5) is 0 Å². The van der Waals surface area contributed by atoms with Crippen LogP contribution in [0.3, 0.4) is 0 Å². The lowest BCUT2D eigenvalue weighted by Gasteiger charge is -2.12. The number of terminal acetylenes is 1. The maximum Gasteiger partial charge on any atom is 0.256 e. The van der Waals surface area contributed by atoms with Crippen molar-refractivity contribution in [3.8, 4) is 18.1 Å². The Morgan fingerprint density at radius 1 is 1.65 bits per heavy atom. The Morgan fingerprint density at radius 3 is 2.94 bits per heavy atom. The van der Waals surface area contributed by atoms with Crippen LogP contribution < -0.4 is 5.32 Å². The Hall–Kier alpha value is -1.47. The summed E-state index contributed by atoms with van der Waals surface area (Å²) in [4.78, 5) is 11.9. The van der Waals surface area contributed by atoms with E-state index in [-0.39, 0.29) is 23.3 Å². The third-order valence-electron chi connectivity index (χ3n) is 2.29. The molecule has 2 N–H and O–H groups in total. The van der Waals surface area contributed by atoms with Gasteiger partial charge in [0, 0.05) is 4.47 Å². The first kappa shape index (κ1) is 13.6. The van der Waals surface area contributed by atoms with Gasteiger partial charge in [0.1, 0.15) is 5.75 Å². The van der Waals surface area contributed by atoms with E-state index in [1.165, 1.54) is 6.07 Å². The number of hydrogen-bond donors (Lipinski definition) is 2. The maximum absolute atomic E-state index is 11.9. The number of carbonyl (C=O) groups excluding carboxylic acids is 1. The second-order valence-electron chi connectivity index (χ2n) is 3.64. The molecule has 0 heterocycles. The minimum Gasteiger partial charge on any atom is -0.507 e. The van der Waals surface area contributed by atoms with Gasteiger partial charge in [-0.3, -0.25) is 4.79 Å². The van der Waals surface area contributed by atoms with Crippen molar-refractivity contribution in [1.29, 1.82) is 0 Å². The lowest BCUT2D eigenvalue weighted by atomic mass is 10.1. The van der Waals surface area contributed by atoms with Gasteiger partial charge in [0.15, 0.2) is 0 Å². The standard InChI is InChI=1S/C13H14BrNO2/c1-3-5-10(4-2)15-13(17)11-8-9(14)6-7-12(11)16/h2,6-8,10,16H,3,5H2,1H3,(H,15,17). The van der Waals surface area contributed by atoms with Crippen LogP contribution in [0.1, 0.15) is 30.1 Å². The summed E-state index contributed by atoms with van der Waals surface area (Å²) in [5.41, 5.74) is 0.218. The number of nitrogens with one attached hydrogen (secondary N) is 1. The fraction of sp³-hybridized carbons (Fsp3) is 0.308. The molecule has 4 heteroatoms. The number of phenols is 1. The molecule has 0 aliphatic heterocycles. The molecular formula is C13H14BrNO2. The number of aromatic hydroxyl groups is 1. The molecule has 0 bridgehead atoms. The predicted molar refractivity (Wildman–Crippen MR) is 70.8 cm³/mol. The average Bonchev–Trinajstić information content (AvgIpc) is 2.31. The number of benzene rings is 1. The first-order valence-corrected chi connectivity index (χ1v) is 6.13. The van der Waals surface area contributed by atoms with Gasteiger partial charge >= 0.3 is 0 Å². The number of rotatable bonds is 4. The number of amides is 1. The number of phenolic OH excluding ortho intramolecular Hbond substituents is 1. The largest absolute Gasteiger partial charge is 0.507 e. The first-order valence-electron chi connectivity index (χ1n) is 5.34. The fourth-order valence-electron chi connectivity index (χ4n) is 1.41. The molecule has 0 aliphatic rings. The number of carbonyl (C=O) groups is 1. The topological polar surface area (TPSA) is 49.3 Å². The minimum atomic E-state index is -0.361. The first-order chi connectivity index (χ1) is 8.08. The van der Waals surface area contributed by atoms with E-state index in [2.05, 4.69) is 27.2 Å². The highest BCUT2D eigenvalue weighted by Crippen LogP contribution is 2.21. The second-order valence-corrected chi connectivity index (χ2v) is 4.56. The van der Waals surface area contributed by atoms with Crippen molar-refractivity contribution in [1.82, 2.24) is 5.32 Å². The summed E-state index contributed by atoms with van der Waals surface area (Å²) in [5, 5.41) is 12.3. The lowest BCUT2D eigenvalue weighted by Crippen LogP contribution is -2.33. The molecule has 0 fully saturated rings. The molecule has 1 amide bonds. The maximum atomic E-state index is 11.9. The van der Waals surface area contributed by atoms with Crippen LogP contribution in [0, 0.1) is 12.3 Å². The molecular weight excluding hydrogens is 282 g/mol. The van der Waals surface area contributed by atoms with E-state index in [4.69, 9.17) is 6.42 Å². The molecule has 1 rings (SSSR count). The van der Waals surface area contributed by atoms with Crippen LogP contribution in [0.2, 0.25) is 0 Å². The molecule has 1 atom stereocenters. The van der Waals surface area contributed by atoms with E-state index in [1.807, 2.05) is 6.92 Å². The van der Waals surface area contributed by atoms with Gasteiger partial charge < -0.3 is 10.4 Å². The van der Waals surface area contributed by atoms with Gasteiger partial charge in [-0.1, -0.05) is 35.2 Å². The quantitative estimate of drug-likeness (QED) is 0.839. The van der Waals surface area contributed by atoms with E-state index in [0.717, 1.165) is 17.3 Å². The lowest BCUT2D eigenvalue weighted by molar-refractivity contribution is 0.0941. The van der Waals surface area contributed by atoms with E-state index in [0.29, 0.717) is 0 Å². The summed E-state index contributed by atoms with van der Waals surface area (Å²) in [6.07, 6.45) is 6.92. The SMILES string of the molecule is C#CC(CCC)NC(=O)c1cc(Br)ccc1O. The summed E-state index contributed by atoms with van der Waals surface area (Å²) in [5.74, 6) is 2.09. The Bertz CT molecular complexity index is 451. The molecule has 0 spiro atoms. The third-order valence-corrected chi connectivity index (χ3v) is 2.78. The van der Waals surface area contributed by atoms with Crippen LogP contribution in [0.5, 0.6) is 5.75 Å². The van der Waals surface area contributed by atoms with E-state index in [1.54, 1.807) is 12.1 Å². The molecule has 17 heavy (non-hydrogen) atoms. The van der Waals surface area contributed by atoms with Crippen LogP contribution in [-0.4, -0.2) is 17.1 Å². The van der Waals surface area contributed by atoms with Crippen LogP contribution in [0.15, 0.2) is 22.7 Å². The molecule has 1 unspecified atom stereocenters. The number of halogens is 1. The van der Waals surface area contributed by atoms with Crippen molar-refractivity contribution in [2.75, 3.05) is 0 Å². The van der Waals surface area contributed by atoms with Crippen molar-refractivity contribution < 1.29 is 9.90 Å². The fourth-order valence-corrected chi connectivity index (χ4v) is 1.77.